The lowest BCUT2D eigenvalue weighted by atomic mass is 9.87. The molecule has 0 radical (unpaired) electrons. The maximum atomic E-state index is 13.4. The first-order chi connectivity index (χ1) is 31.3. The number of aromatic nitrogens is 3. The van der Waals surface area contributed by atoms with Crippen LogP contribution in [0.1, 0.15) is 105 Å². The molecule has 8 rings (SSSR count). The summed E-state index contributed by atoms with van der Waals surface area (Å²) in [6.07, 6.45) is 1.47. The molecule has 2 aliphatic rings. The molecular formula is C45H41Cl2N7O10S3. The van der Waals surface area contributed by atoms with Crippen LogP contribution in [-0.2, 0) is 42.7 Å². The molecule has 0 aliphatic carbocycles. The number of carbonyl (C=O) groups is 5. The van der Waals surface area contributed by atoms with Crippen LogP contribution in [0.15, 0.2) is 100 Å². The topological polar surface area (TPSA) is 224 Å². The summed E-state index contributed by atoms with van der Waals surface area (Å²) in [6, 6.07) is 19.5. The minimum atomic E-state index is -4.11. The van der Waals surface area contributed by atoms with Crippen molar-refractivity contribution in [1.82, 2.24) is 14.8 Å². The van der Waals surface area contributed by atoms with Gasteiger partial charge < -0.3 is 4.74 Å². The van der Waals surface area contributed by atoms with Crippen LogP contribution < -0.4 is 19.2 Å². The number of sulfonamides is 2. The molecule has 22 heteroatoms. The van der Waals surface area contributed by atoms with Gasteiger partial charge in [0.05, 0.1) is 60.6 Å². The van der Waals surface area contributed by atoms with Gasteiger partial charge in [-0.3, -0.25) is 33.3 Å². The van der Waals surface area contributed by atoms with Crippen molar-refractivity contribution in [3.8, 4) is 0 Å². The summed E-state index contributed by atoms with van der Waals surface area (Å²) < 4.78 is 62.9. The Balaban J connectivity index is 0.000000201. The number of halogens is 2. The van der Waals surface area contributed by atoms with Crippen LogP contribution in [0.2, 0.25) is 10.0 Å². The van der Waals surface area contributed by atoms with E-state index in [1.165, 1.54) is 75.0 Å². The number of hydrogen-bond donors (Lipinski definition) is 2. The van der Waals surface area contributed by atoms with Gasteiger partial charge in [0.25, 0.3) is 43.7 Å². The first-order valence-corrected chi connectivity index (χ1v) is 24.6. The van der Waals surface area contributed by atoms with E-state index < -0.39 is 49.6 Å². The number of thiazole rings is 1. The van der Waals surface area contributed by atoms with Crippen LogP contribution in [0.4, 0.5) is 22.3 Å². The molecule has 4 amide bonds. The van der Waals surface area contributed by atoms with Crippen molar-refractivity contribution < 1.29 is 45.5 Å². The van der Waals surface area contributed by atoms with Gasteiger partial charge in [-0.2, -0.15) is 5.10 Å². The Morgan fingerprint density at radius 2 is 1.06 bits per heavy atom. The zero-order valence-electron chi connectivity index (χ0n) is 37.0. The number of methoxy groups -OCH3 is 1. The van der Waals surface area contributed by atoms with E-state index in [4.69, 9.17) is 23.2 Å². The normalized spacial score (nSPS) is 13.9. The Kier molecular flexibility index (Phi) is 12.8. The second-order valence-electron chi connectivity index (χ2n) is 17.2. The molecule has 4 aromatic carbocycles. The molecule has 0 saturated carbocycles. The number of esters is 1. The summed E-state index contributed by atoms with van der Waals surface area (Å²) in [5, 5.41) is 5.92. The number of anilines is 4. The highest BCUT2D eigenvalue weighted by atomic mass is 35.5. The molecule has 0 bridgehead atoms. The highest BCUT2D eigenvalue weighted by molar-refractivity contribution is 7.93. The predicted molar refractivity (Wildman–Crippen MR) is 254 cm³/mol. The Labute approximate surface area is 399 Å². The van der Waals surface area contributed by atoms with Crippen LogP contribution in [0, 0.1) is 0 Å². The number of imide groups is 2. The average molecular weight is 1010 g/mol. The molecule has 67 heavy (non-hydrogen) atoms. The summed E-state index contributed by atoms with van der Waals surface area (Å²) in [4.78, 5) is 70.1. The second-order valence-corrected chi connectivity index (χ2v) is 22.2. The number of hydrogen-bond acceptors (Lipinski definition) is 13. The Morgan fingerprint density at radius 3 is 1.46 bits per heavy atom. The molecule has 2 aliphatic heterocycles. The average Bonchev–Trinajstić information content (AvgIpc) is 4.04. The number of benzene rings is 4. The SMILES string of the molecule is CC(C)(C)c1ccc(S(=O)(=O)Nc2ccc(Cl)c3c2C(=O)N(c2nccs2)C3=O)cc1.COC(=O)c1cc(N2C(=O)c3c(Cl)ccc(NS(=O)(=O)c4ccc(C(C)(C)C)cc4)c3C2=O)nn1C. The molecule has 4 heterocycles. The fraction of sp³-hybridized carbons (Fsp3) is 0.222. The zero-order valence-corrected chi connectivity index (χ0v) is 40.9. The molecule has 17 nitrogen and oxygen atoms in total. The van der Waals surface area contributed by atoms with Gasteiger partial charge in [-0.1, -0.05) is 89.0 Å². The third-order valence-electron chi connectivity index (χ3n) is 10.6. The summed E-state index contributed by atoms with van der Waals surface area (Å²) in [5.41, 5.74) is 0.994. The van der Waals surface area contributed by atoms with Crippen molar-refractivity contribution in [3.63, 3.8) is 0 Å². The zero-order chi connectivity index (χ0) is 49.1. The van der Waals surface area contributed by atoms with Gasteiger partial charge in [0.15, 0.2) is 10.9 Å². The van der Waals surface area contributed by atoms with E-state index in [9.17, 15) is 40.8 Å². The van der Waals surface area contributed by atoms with Crippen LogP contribution in [0.25, 0.3) is 0 Å². The summed E-state index contributed by atoms with van der Waals surface area (Å²) in [7, 11) is -5.48. The summed E-state index contributed by atoms with van der Waals surface area (Å²) >= 11 is 13.5. The number of aryl methyl sites for hydroxylation is 1. The maximum Gasteiger partial charge on any atom is 0.356 e. The van der Waals surface area contributed by atoms with E-state index in [0.717, 1.165) is 36.9 Å². The highest BCUT2D eigenvalue weighted by Crippen LogP contribution is 2.40. The van der Waals surface area contributed by atoms with Gasteiger partial charge in [0.2, 0.25) is 0 Å². The lowest BCUT2D eigenvalue weighted by Gasteiger charge is -2.19. The smallest absolute Gasteiger partial charge is 0.356 e. The van der Waals surface area contributed by atoms with Crippen molar-refractivity contribution in [2.75, 3.05) is 26.4 Å². The van der Waals surface area contributed by atoms with Crippen LogP contribution in [0.5, 0.6) is 0 Å². The molecule has 0 unspecified atom stereocenters. The number of nitrogens with one attached hydrogen (secondary N) is 2. The third kappa shape index (κ3) is 9.18. The number of carbonyl (C=O) groups excluding carboxylic acids is 5. The molecule has 2 aromatic heterocycles. The van der Waals surface area contributed by atoms with Crippen LogP contribution in [0.3, 0.4) is 0 Å². The van der Waals surface area contributed by atoms with Gasteiger partial charge in [0.1, 0.15) is 5.69 Å². The standard InChI is InChI=1S/C24H23ClN4O6S.C21H18ClN3O4S2/c1-24(2,3)13-6-8-14(9-7-13)36(33,34)27-16-11-10-15(25)19-20(16)22(31)29(21(19)30)18-12-17(23(32)35-5)28(4)26-18;1-21(2,3)12-4-6-13(7-5-12)31(28,29)24-15-9-8-14(22)16-17(15)19(27)25(18(16)26)20-23-10-11-30-20/h6-12,27H,1-5H3;4-11,24H,1-3H3. The third-order valence-corrected chi connectivity index (χ3v) is 14.8. The Hall–Kier alpha value is -6.45. The minimum Gasteiger partial charge on any atom is -0.464 e. The van der Waals surface area contributed by atoms with E-state index >= 15 is 0 Å². The van der Waals surface area contributed by atoms with E-state index in [1.807, 2.05) is 41.5 Å². The summed E-state index contributed by atoms with van der Waals surface area (Å²) in [6.45, 7) is 12.1. The molecule has 6 aromatic rings. The van der Waals surface area contributed by atoms with Crippen molar-refractivity contribution >= 4 is 107 Å². The van der Waals surface area contributed by atoms with E-state index in [2.05, 4.69) is 24.3 Å². The molecule has 0 fully saturated rings. The fourth-order valence-corrected chi connectivity index (χ4v) is 10.3. The molecular weight excluding hydrogens is 966 g/mol. The molecule has 2 N–H and O–H groups in total. The number of fused-ring (bicyclic) bond motifs is 2. The lowest BCUT2D eigenvalue weighted by molar-refractivity contribution is 0.0587. The summed E-state index contributed by atoms with van der Waals surface area (Å²) in [5.74, 6) is -3.81. The van der Waals surface area contributed by atoms with E-state index in [1.54, 1.807) is 29.6 Å². The maximum absolute atomic E-state index is 13.4. The Morgan fingerprint density at radius 1 is 0.642 bits per heavy atom. The predicted octanol–water partition coefficient (Wildman–Crippen LogP) is 8.45. The second kappa shape index (κ2) is 17.6. The number of ether oxygens (including phenoxy) is 1. The van der Waals surface area contributed by atoms with Gasteiger partial charge in [-0.25, -0.2) is 36.4 Å². The van der Waals surface area contributed by atoms with Crippen molar-refractivity contribution in [1.29, 1.82) is 0 Å². The van der Waals surface area contributed by atoms with Gasteiger partial charge in [-0.15, -0.1) is 11.3 Å². The highest BCUT2D eigenvalue weighted by Gasteiger charge is 2.44. The van der Waals surface area contributed by atoms with Crippen molar-refractivity contribution in [2.45, 2.75) is 62.2 Å². The van der Waals surface area contributed by atoms with Crippen molar-refractivity contribution in [3.05, 3.63) is 140 Å². The first kappa shape index (κ1) is 48.5. The number of rotatable bonds is 9. The molecule has 348 valence electrons. The largest absolute Gasteiger partial charge is 0.464 e. The molecule has 0 atom stereocenters. The first-order valence-electron chi connectivity index (χ1n) is 20.0. The van der Waals surface area contributed by atoms with Crippen LogP contribution in [-0.4, -0.2) is 68.3 Å². The lowest BCUT2D eigenvalue weighted by Crippen LogP contribution is -2.30. The molecule has 0 spiro atoms. The van der Waals surface area contributed by atoms with Gasteiger partial charge in [0, 0.05) is 24.7 Å². The number of nitrogens with zero attached hydrogens (tertiary/aromatic N) is 5. The van der Waals surface area contributed by atoms with Gasteiger partial charge in [-0.05, 0) is 70.5 Å². The van der Waals surface area contributed by atoms with E-state index in [-0.39, 0.29) is 80.9 Å². The Bertz CT molecular complexity index is 3250. The fourth-order valence-electron chi connectivity index (χ4n) is 7.06. The van der Waals surface area contributed by atoms with Crippen molar-refractivity contribution in [2.24, 2.45) is 7.05 Å². The van der Waals surface area contributed by atoms with E-state index in [0.29, 0.717) is 0 Å². The minimum absolute atomic E-state index is 0.00906. The molecule has 0 saturated heterocycles. The van der Waals surface area contributed by atoms with Crippen LogP contribution >= 0.6 is 34.5 Å². The quantitative estimate of drug-likeness (QED) is 0.103. The monoisotopic (exact) mass is 1010 g/mol. The van der Waals surface area contributed by atoms with Gasteiger partial charge >= 0.3 is 5.97 Å². The number of amides is 4.